The Balaban J connectivity index is 1.59. The van der Waals surface area contributed by atoms with Gasteiger partial charge in [-0.05, 0) is 55.7 Å². The van der Waals surface area contributed by atoms with E-state index in [2.05, 4.69) is 31.8 Å². The second-order valence-electron chi connectivity index (χ2n) is 8.15. The van der Waals surface area contributed by atoms with Gasteiger partial charge in [-0.15, -0.1) is 13.2 Å². The predicted molar refractivity (Wildman–Crippen MR) is 119 cm³/mol. The van der Waals surface area contributed by atoms with Crippen LogP contribution in [-0.2, 0) is 0 Å². The van der Waals surface area contributed by atoms with Gasteiger partial charge in [0.25, 0.3) is 5.91 Å². The third-order valence-corrected chi connectivity index (χ3v) is 5.42. The van der Waals surface area contributed by atoms with Crippen LogP contribution in [0, 0.1) is 12.8 Å². The Hall–Kier alpha value is -3.62. The minimum atomic E-state index is -4.77. The van der Waals surface area contributed by atoms with Gasteiger partial charge >= 0.3 is 6.36 Å². The van der Waals surface area contributed by atoms with Gasteiger partial charge in [-0.1, -0.05) is 13.0 Å². The lowest BCUT2D eigenvalue weighted by Crippen LogP contribution is -2.22. The second-order valence-corrected chi connectivity index (χ2v) is 8.15. The van der Waals surface area contributed by atoms with E-state index in [1.165, 1.54) is 18.3 Å². The van der Waals surface area contributed by atoms with Crippen LogP contribution < -0.4 is 15.0 Å². The van der Waals surface area contributed by atoms with E-state index >= 15 is 0 Å². The Bertz CT molecular complexity index is 1130. The number of benzene rings is 1. The largest absolute Gasteiger partial charge is 0.573 e. The van der Waals surface area contributed by atoms with Crippen molar-refractivity contribution in [1.29, 1.82) is 0 Å². The van der Waals surface area contributed by atoms with Gasteiger partial charge in [0.1, 0.15) is 11.6 Å². The fourth-order valence-electron chi connectivity index (χ4n) is 3.74. The summed E-state index contributed by atoms with van der Waals surface area (Å²) in [6.45, 7) is 5.87. The molecule has 1 saturated heterocycles. The van der Waals surface area contributed by atoms with Gasteiger partial charge in [-0.25, -0.2) is 4.98 Å². The van der Waals surface area contributed by atoms with Crippen LogP contribution in [0.2, 0.25) is 0 Å². The number of rotatable bonds is 5. The maximum atomic E-state index is 12.9. The molecule has 3 heterocycles. The second kappa shape index (κ2) is 9.09. The van der Waals surface area contributed by atoms with E-state index in [0.29, 0.717) is 17.2 Å². The highest BCUT2D eigenvalue weighted by Crippen LogP contribution is 2.33. The maximum Gasteiger partial charge on any atom is 0.573 e. The number of carbonyl (C=O) groups is 1. The highest BCUT2D eigenvalue weighted by atomic mass is 19.4. The number of alkyl halides is 3. The molecule has 3 aromatic rings. The zero-order valence-corrected chi connectivity index (χ0v) is 18.2. The van der Waals surface area contributed by atoms with Crippen LogP contribution in [0.1, 0.15) is 29.4 Å². The Morgan fingerprint density at radius 2 is 1.88 bits per heavy atom. The summed E-state index contributed by atoms with van der Waals surface area (Å²) in [5, 5.41) is 2.69. The number of hydrogen-bond acceptors (Lipinski definition) is 5. The first-order valence-corrected chi connectivity index (χ1v) is 10.5. The van der Waals surface area contributed by atoms with Gasteiger partial charge in [-0.3, -0.25) is 9.78 Å². The number of nitrogens with one attached hydrogen (secondary N) is 1. The molecule has 1 amide bonds. The molecule has 0 saturated carbocycles. The standard InChI is InChI=1S/C24H23F3N4O2/c1-15-9-10-31(14-15)22-21(17-4-3-16(2)28-12-17)11-18(13-29-22)23(32)30-19-5-7-20(8-6-19)33-24(25,26)27/h3-8,11-13,15H,9-10,14H2,1-2H3,(H,30,32). The van der Waals surface area contributed by atoms with Gasteiger partial charge in [0.2, 0.25) is 0 Å². The number of anilines is 2. The van der Waals surface area contributed by atoms with Crippen LogP contribution in [0.15, 0.2) is 54.9 Å². The lowest BCUT2D eigenvalue weighted by Gasteiger charge is -2.21. The van der Waals surface area contributed by atoms with Crippen LogP contribution in [0.25, 0.3) is 11.1 Å². The number of amides is 1. The third kappa shape index (κ3) is 5.60. The lowest BCUT2D eigenvalue weighted by atomic mass is 10.0. The summed E-state index contributed by atoms with van der Waals surface area (Å²) in [6.07, 6.45) is -0.424. The SMILES string of the molecule is Cc1ccc(-c2cc(C(=O)Nc3ccc(OC(F)(F)F)cc3)cnc2N2CCC(C)C2)cn1. The van der Waals surface area contributed by atoms with Crippen LogP contribution in [0.3, 0.4) is 0 Å². The molecule has 33 heavy (non-hydrogen) atoms. The van der Waals surface area contributed by atoms with Gasteiger partial charge in [0.05, 0.1) is 5.56 Å². The maximum absolute atomic E-state index is 12.9. The monoisotopic (exact) mass is 456 g/mol. The van der Waals surface area contributed by atoms with Gasteiger partial charge < -0.3 is 15.0 Å². The van der Waals surface area contributed by atoms with Gasteiger partial charge in [0.15, 0.2) is 0 Å². The van der Waals surface area contributed by atoms with Crippen LogP contribution in [-0.4, -0.2) is 35.3 Å². The molecule has 9 heteroatoms. The number of carbonyl (C=O) groups excluding carboxylic acids is 1. The number of pyridine rings is 2. The van der Waals surface area contributed by atoms with E-state index in [1.807, 2.05) is 19.1 Å². The van der Waals surface area contributed by atoms with Crippen molar-refractivity contribution in [3.05, 3.63) is 66.1 Å². The van der Waals surface area contributed by atoms with E-state index in [9.17, 15) is 18.0 Å². The normalized spacial score (nSPS) is 16.0. The molecule has 172 valence electrons. The molecule has 0 bridgehead atoms. The molecule has 1 atom stereocenters. The molecule has 1 unspecified atom stereocenters. The van der Waals surface area contributed by atoms with E-state index < -0.39 is 12.3 Å². The smallest absolute Gasteiger partial charge is 0.406 e. The summed E-state index contributed by atoms with van der Waals surface area (Å²) in [6, 6.07) is 10.6. The van der Waals surface area contributed by atoms with Crippen molar-refractivity contribution < 1.29 is 22.7 Å². The van der Waals surface area contributed by atoms with E-state index in [4.69, 9.17) is 0 Å². The van der Waals surface area contributed by atoms with Crippen molar-refractivity contribution in [3.63, 3.8) is 0 Å². The summed E-state index contributed by atoms with van der Waals surface area (Å²) in [7, 11) is 0. The van der Waals surface area contributed by atoms with Crippen molar-refractivity contribution in [3.8, 4) is 16.9 Å². The van der Waals surface area contributed by atoms with E-state index in [0.717, 1.165) is 54.3 Å². The average molecular weight is 456 g/mol. The summed E-state index contributed by atoms with van der Waals surface area (Å²) in [5.74, 6) is 0.577. The van der Waals surface area contributed by atoms with Crippen molar-refractivity contribution in [2.24, 2.45) is 5.92 Å². The minimum Gasteiger partial charge on any atom is -0.406 e. The molecule has 1 N–H and O–H groups in total. The average Bonchev–Trinajstić information content (AvgIpc) is 3.20. The summed E-state index contributed by atoms with van der Waals surface area (Å²) in [4.78, 5) is 24.0. The first-order valence-electron chi connectivity index (χ1n) is 10.5. The van der Waals surface area contributed by atoms with Crippen LogP contribution in [0.5, 0.6) is 5.75 Å². The Morgan fingerprint density at radius 1 is 1.12 bits per heavy atom. The number of aromatic nitrogens is 2. The Labute approximate surface area is 189 Å². The topological polar surface area (TPSA) is 67.3 Å². The quantitative estimate of drug-likeness (QED) is 0.553. The highest BCUT2D eigenvalue weighted by molar-refractivity contribution is 6.05. The van der Waals surface area contributed by atoms with Crippen molar-refractivity contribution in [2.75, 3.05) is 23.3 Å². The molecule has 2 aromatic heterocycles. The fourth-order valence-corrected chi connectivity index (χ4v) is 3.74. The number of halogens is 3. The molecule has 4 rings (SSSR count). The van der Waals surface area contributed by atoms with Crippen molar-refractivity contribution >= 4 is 17.4 Å². The summed E-state index contributed by atoms with van der Waals surface area (Å²) in [5.41, 5.74) is 3.21. The predicted octanol–water partition coefficient (Wildman–Crippen LogP) is 5.45. The molecule has 0 radical (unpaired) electrons. The number of aryl methyl sites for hydroxylation is 1. The molecule has 0 spiro atoms. The molecule has 6 nitrogen and oxygen atoms in total. The van der Waals surface area contributed by atoms with Crippen molar-refractivity contribution in [1.82, 2.24) is 9.97 Å². The van der Waals surface area contributed by atoms with E-state index in [-0.39, 0.29) is 5.75 Å². The first kappa shape index (κ1) is 22.6. The third-order valence-electron chi connectivity index (χ3n) is 5.42. The highest BCUT2D eigenvalue weighted by Gasteiger charge is 2.31. The van der Waals surface area contributed by atoms with Gasteiger partial charge in [-0.2, -0.15) is 0 Å². The number of nitrogens with zero attached hydrogens (tertiary/aromatic N) is 3. The van der Waals surface area contributed by atoms with Crippen molar-refractivity contribution in [2.45, 2.75) is 26.6 Å². The Morgan fingerprint density at radius 3 is 2.48 bits per heavy atom. The zero-order valence-electron chi connectivity index (χ0n) is 18.2. The van der Waals surface area contributed by atoms with E-state index in [1.54, 1.807) is 12.3 Å². The number of hydrogen-bond donors (Lipinski definition) is 1. The molecule has 1 aliphatic rings. The Kier molecular flexibility index (Phi) is 6.22. The molecule has 1 fully saturated rings. The lowest BCUT2D eigenvalue weighted by molar-refractivity contribution is -0.274. The minimum absolute atomic E-state index is 0.331. The molecular formula is C24H23F3N4O2. The molecule has 1 aliphatic heterocycles. The summed E-state index contributed by atoms with van der Waals surface area (Å²) < 4.78 is 40.9. The summed E-state index contributed by atoms with van der Waals surface area (Å²) >= 11 is 0. The van der Waals surface area contributed by atoms with Gasteiger partial charge in [0, 0.05) is 48.0 Å². The molecule has 0 aliphatic carbocycles. The zero-order chi connectivity index (χ0) is 23.6. The molecular weight excluding hydrogens is 433 g/mol. The van der Waals surface area contributed by atoms with Crippen LogP contribution in [0.4, 0.5) is 24.7 Å². The fraction of sp³-hybridized carbons (Fsp3) is 0.292. The van der Waals surface area contributed by atoms with Crippen LogP contribution >= 0.6 is 0 Å². The number of ether oxygens (including phenoxy) is 1. The molecule has 1 aromatic carbocycles. The first-order chi connectivity index (χ1) is 15.7.